The Morgan fingerprint density at radius 2 is 2.12 bits per heavy atom. The summed E-state index contributed by atoms with van der Waals surface area (Å²) in [6.45, 7) is -0.138. The molecule has 2 aromatic rings. The third-order valence-electron chi connectivity index (χ3n) is 2.93. The van der Waals surface area contributed by atoms with Gasteiger partial charge in [-0.2, -0.15) is 23.5 Å². The first-order valence-electron chi connectivity index (χ1n) is 6.72. The van der Waals surface area contributed by atoms with Gasteiger partial charge in [0.05, 0.1) is 23.7 Å². The van der Waals surface area contributed by atoms with Gasteiger partial charge in [0.15, 0.2) is 6.10 Å². The number of benzene rings is 1. The van der Waals surface area contributed by atoms with Crippen LogP contribution in [-0.4, -0.2) is 26.9 Å². The van der Waals surface area contributed by atoms with E-state index in [1.165, 1.54) is 23.1 Å². The number of carbonyl (C=O) groups excluding carboxylic acids is 1. The van der Waals surface area contributed by atoms with E-state index in [1.807, 2.05) is 0 Å². The number of nitrogens with zero attached hydrogens (tertiary/aromatic N) is 3. The van der Waals surface area contributed by atoms with Crippen LogP contribution >= 0.6 is 0 Å². The molecule has 130 valence electrons. The number of nitriles is 1. The summed E-state index contributed by atoms with van der Waals surface area (Å²) in [6, 6.07) is 5.81. The standard InChI is InChI=1S/C14H11F3N4O2.C2H2/c15-14(16,17)11-6-10(3-2-9(11)7-18)20-13(23)12(22)8-21-5-1-4-19-21;1-2/h1-6,12,22H,8H2,(H,20,23);1-2H/t12-;/m0./s1. The third-order valence-corrected chi connectivity index (χ3v) is 2.93. The summed E-state index contributed by atoms with van der Waals surface area (Å²) in [5, 5.41) is 24.4. The molecule has 2 N–H and O–H groups in total. The van der Waals surface area contributed by atoms with Gasteiger partial charge in [-0.15, -0.1) is 12.8 Å². The number of hydrogen-bond acceptors (Lipinski definition) is 4. The van der Waals surface area contributed by atoms with Gasteiger partial charge >= 0.3 is 6.18 Å². The van der Waals surface area contributed by atoms with Crippen molar-refractivity contribution in [3.63, 3.8) is 0 Å². The Bertz CT molecular complexity index is 777. The number of anilines is 1. The van der Waals surface area contributed by atoms with Crippen molar-refractivity contribution in [2.24, 2.45) is 0 Å². The van der Waals surface area contributed by atoms with Crippen molar-refractivity contribution < 1.29 is 23.1 Å². The van der Waals surface area contributed by atoms with Gasteiger partial charge in [0.2, 0.25) is 0 Å². The number of terminal acetylenes is 1. The normalized spacial score (nSPS) is 11.6. The Morgan fingerprint density at radius 3 is 2.64 bits per heavy atom. The van der Waals surface area contributed by atoms with Crippen LogP contribution in [0.5, 0.6) is 0 Å². The summed E-state index contributed by atoms with van der Waals surface area (Å²) in [5.74, 6) is -0.877. The summed E-state index contributed by atoms with van der Waals surface area (Å²) >= 11 is 0. The zero-order chi connectivity index (χ0) is 19.0. The van der Waals surface area contributed by atoms with E-state index in [2.05, 4.69) is 23.3 Å². The molecular formula is C16H13F3N4O2. The van der Waals surface area contributed by atoms with E-state index < -0.39 is 29.3 Å². The zero-order valence-corrected chi connectivity index (χ0v) is 12.7. The first-order valence-corrected chi connectivity index (χ1v) is 6.72. The van der Waals surface area contributed by atoms with Gasteiger partial charge < -0.3 is 10.4 Å². The highest BCUT2D eigenvalue weighted by Crippen LogP contribution is 2.33. The molecule has 6 nitrogen and oxygen atoms in total. The Kier molecular flexibility index (Phi) is 6.73. The Morgan fingerprint density at radius 1 is 1.44 bits per heavy atom. The van der Waals surface area contributed by atoms with Crippen LogP contribution in [0.15, 0.2) is 36.7 Å². The third kappa shape index (κ3) is 5.37. The van der Waals surface area contributed by atoms with E-state index in [0.717, 1.165) is 12.1 Å². The largest absolute Gasteiger partial charge is 0.417 e. The molecule has 0 saturated carbocycles. The number of amides is 1. The lowest BCUT2D eigenvalue weighted by Crippen LogP contribution is -2.31. The maximum Gasteiger partial charge on any atom is 0.417 e. The molecule has 0 aliphatic carbocycles. The minimum Gasteiger partial charge on any atom is -0.381 e. The second kappa shape index (κ2) is 8.52. The molecule has 0 aliphatic heterocycles. The summed E-state index contributed by atoms with van der Waals surface area (Å²) in [4.78, 5) is 11.8. The van der Waals surface area contributed by atoms with Gasteiger partial charge in [-0.25, -0.2) is 0 Å². The van der Waals surface area contributed by atoms with Gasteiger partial charge in [0.1, 0.15) is 0 Å². The zero-order valence-electron chi connectivity index (χ0n) is 12.7. The van der Waals surface area contributed by atoms with E-state index in [1.54, 1.807) is 6.07 Å². The first kappa shape index (κ1) is 19.7. The predicted octanol–water partition coefficient (Wildman–Crippen LogP) is 2.02. The highest BCUT2D eigenvalue weighted by atomic mass is 19.4. The van der Waals surface area contributed by atoms with E-state index in [9.17, 15) is 23.1 Å². The van der Waals surface area contributed by atoms with Gasteiger partial charge in [0, 0.05) is 18.1 Å². The Balaban J connectivity index is 0.00000151. The fourth-order valence-electron chi connectivity index (χ4n) is 1.85. The average Bonchev–Trinajstić information content (AvgIpc) is 3.08. The van der Waals surface area contributed by atoms with E-state index in [4.69, 9.17) is 5.26 Å². The van der Waals surface area contributed by atoms with Crippen LogP contribution in [0.3, 0.4) is 0 Å². The number of aliphatic hydroxyl groups is 1. The van der Waals surface area contributed by atoms with Crippen molar-refractivity contribution in [2.45, 2.75) is 18.8 Å². The SMILES string of the molecule is C#C.N#Cc1ccc(NC(=O)[C@@H](O)Cn2cccn2)cc1C(F)(F)F. The number of hydrogen-bond donors (Lipinski definition) is 2. The number of aliphatic hydroxyl groups excluding tert-OH is 1. The van der Waals surface area contributed by atoms with Gasteiger partial charge in [0.25, 0.3) is 5.91 Å². The second-order valence-electron chi connectivity index (χ2n) is 4.60. The topological polar surface area (TPSA) is 90.9 Å². The predicted molar refractivity (Wildman–Crippen MR) is 82.9 cm³/mol. The number of rotatable bonds is 4. The van der Waals surface area contributed by atoms with Crippen LogP contribution in [0.1, 0.15) is 11.1 Å². The molecule has 1 aromatic carbocycles. The first-order chi connectivity index (χ1) is 11.8. The maximum atomic E-state index is 12.8. The number of nitrogens with one attached hydrogen (secondary N) is 1. The fraction of sp³-hybridized carbons (Fsp3) is 0.188. The van der Waals surface area contributed by atoms with Gasteiger partial charge in [-0.3, -0.25) is 9.48 Å². The lowest BCUT2D eigenvalue weighted by Gasteiger charge is -2.14. The lowest BCUT2D eigenvalue weighted by molar-refractivity contribution is -0.137. The number of aromatic nitrogens is 2. The van der Waals surface area contributed by atoms with Crippen LogP contribution < -0.4 is 5.32 Å². The summed E-state index contributed by atoms with van der Waals surface area (Å²) in [7, 11) is 0. The second-order valence-corrected chi connectivity index (χ2v) is 4.60. The molecule has 25 heavy (non-hydrogen) atoms. The van der Waals surface area contributed by atoms with Crippen molar-refractivity contribution in [3.8, 4) is 18.9 Å². The smallest absolute Gasteiger partial charge is 0.381 e. The summed E-state index contributed by atoms with van der Waals surface area (Å²) in [6.07, 6.45) is 4.78. The lowest BCUT2D eigenvalue weighted by atomic mass is 10.1. The summed E-state index contributed by atoms with van der Waals surface area (Å²) < 4.78 is 39.8. The molecule has 0 saturated heterocycles. The quantitative estimate of drug-likeness (QED) is 0.826. The van der Waals surface area contributed by atoms with Crippen LogP contribution in [0.2, 0.25) is 0 Å². The van der Waals surface area contributed by atoms with Crippen molar-refractivity contribution in [1.29, 1.82) is 5.26 Å². The molecule has 0 unspecified atom stereocenters. The molecule has 1 amide bonds. The highest BCUT2D eigenvalue weighted by Gasteiger charge is 2.34. The maximum absolute atomic E-state index is 12.8. The average molecular weight is 350 g/mol. The summed E-state index contributed by atoms with van der Waals surface area (Å²) in [5.41, 5.74) is -1.87. The van der Waals surface area contributed by atoms with Crippen LogP contribution in [0, 0.1) is 24.2 Å². The highest BCUT2D eigenvalue weighted by molar-refractivity contribution is 5.94. The van der Waals surface area contributed by atoms with Crippen molar-refractivity contribution in [2.75, 3.05) is 5.32 Å². The van der Waals surface area contributed by atoms with Crippen LogP contribution in [-0.2, 0) is 17.5 Å². The van der Waals surface area contributed by atoms with Crippen molar-refractivity contribution in [3.05, 3.63) is 47.8 Å². The number of carbonyl (C=O) groups is 1. The van der Waals surface area contributed by atoms with Crippen LogP contribution in [0.25, 0.3) is 0 Å². The fourth-order valence-corrected chi connectivity index (χ4v) is 1.85. The minimum atomic E-state index is -4.72. The molecule has 0 fully saturated rings. The van der Waals surface area contributed by atoms with Crippen molar-refractivity contribution >= 4 is 11.6 Å². The Hall–Kier alpha value is -3.30. The van der Waals surface area contributed by atoms with Crippen molar-refractivity contribution in [1.82, 2.24) is 9.78 Å². The molecular weight excluding hydrogens is 337 g/mol. The van der Waals surface area contributed by atoms with Gasteiger partial charge in [-0.1, -0.05) is 0 Å². The van der Waals surface area contributed by atoms with E-state index in [-0.39, 0.29) is 12.2 Å². The molecule has 0 radical (unpaired) electrons. The van der Waals surface area contributed by atoms with E-state index in [0.29, 0.717) is 6.07 Å². The molecule has 0 spiro atoms. The van der Waals surface area contributed by atoms with Crippen LogP contribution in [0.4, 0.5) is 18.9 Å². The number of alkyl halides is 3. The minimum absolute atomic E-state index is 0.138. The monoisotopic (exact) mass is 350 g/mol. The molecule has 0 bridgehead atoms. The molecule has 1 heterocycles. The van der Waals surface area contributed by atoms with E-state index >= 15 is 0 Å². The molecule has 1 atom stereocenters. The molecule has 2 rings (SSSR count). The molecule has 0 aliphatic rings. The molecule has 1 aromatic heterocycles. The van der Waals surface area contributed by atoms with Gasteiger partial charge in [-0.05, 0) is 24.3 Å². The Labute approximate surface area is 141 Å². The molecule has 9 heteroatoms. The number of halogens is 3.